The van der Waals surface area contributed by atoms with Crippen LogP contribution in [0.3, 0.4) is 0 Å². The van der Waals surface area contributed by atoms with E-state index in [1.165, 1.54) is 4.90 Å². The molecule has 1 aliphatic heterocycles. The third-order valence-corrected chi connectivity index (χ3v) is 6.34. The maximum absolute atomic E-state index is 13.8. The quantitative estimate of drug-likeness (QED) is 0.366. The van der Waals surface area contributed by atoms with E-state index in [2.05, 4.69) is 31.0 Å². The predicted octanol–water partition coefficient (Wildman–Crippen LogP) is 4.70. The Morgan fingerprint density at radius 3 is 2.52 bits per heavy atom. The second-order valence-electron chi connectivity index (χ2n) is 7.77. The van der Waals surface area contributed by atoms with Gasteiger partial charge in [0.15, 0.2) is 5.65 Å². The fourth-order valence-electron chi connectivity index (χ4n) is 4.39. The lowest BCUT2D eigenvalue weighted by atomic mass is 9.98. The number of amides is 2. The van der Waals surface area contributed by atoms with E-state index in [-0.39, 0.29) is 11.5 Å². The number of benzene rings is 2. The molecule has 0 radical (unpaired) electrons. The summed E-state index contributed by atoms with van der Waals surface area (Å²) in [5.41, 5.74) is 3.71. The number of halogens is 1. The number of carbonyl (C=O) groups excluding carboxylic acids is 2. The highest BCUT2D eigenvalue weighted by atomic mass is 79.9. The van der Waals surface area contributed by atoms with Crippen LogP contribution in [-0.4, -0.2) is 31.6 Å². The monoisotopic (exact) mass is 497 g/mol. The minimum absolute atomic E-state index is 0.270. The van der Waals surface area contributed by atoms with Crippen LogP contribution in [0.1, 0.15) is 11.3 Å². The van der Waals surface area contributed by atoms with E-state index in [9.17, 15) is 9.59 Å². The van der Waals surface area contributed by atoms with Crippen LogP contribution in [0.5, 0.6) is 0 Å². The molecule has 6 rings (SSSR count). The van der Waals surface area contributed by atoms with Gasteiger partial charge in [0.05, 0.1) is 16.8 Å². The van der Waals surface area contributed by atoms with Gasteiger partial charge >= 0.3 is 0 Å². The van der Waals surface area contributed by atoms with E-state index in [0.717, 1.165) is 15.4 Å². The summed E-state index contributed by atoms with van der Waals surface area (Å²) in [4.78, 5) is 36.5. The second-order valence-corrected chi connectivity index (χ2v) is 8.69. The lowest BCUT2D eigenvalue weighted by Crippen LogP contribution is -2.31. The molecular weight excluding hydrogens is 482 g/mol. The van der Waals surface area contributed by atoms with Crippen LogP contribution in [0.25, 0.3) is 33.1 Å². The van der Waals surface area contributed by atoms with Crippen molar-refractivity contribution >= 4 is 66.5 Å². The molecule has 5 aromatic rings. The van der Waals surface area contributed by atoms with Gasteiger partial charge in [-0.25, -0.2) is 14.6 Å². The minimum Gasteiger partial charge on any atom is -0.361 e. The summed E-state index contributed by atoms with van der Waals surface area (Å²) in [5, 5.41) is 6.18. The highest BCUT2D eigenvalue weighted by Crippen LogP contribution is 2.41. The van der Waals surface area contributed by atoms with Crippen LogP contribution in [-0.2, 0) is 16.6 Å². The Morgan fingerprint density at radius 1 is 0.909 bits per heavy atom. The highest BCUT2D eigenvalue weighted by Gasteiger charge is 2.43. The lowest BCUT2D eigenvalue weighted by Gasteiger charge is -2.14. The molecule has 0 spiro atoms. The molecule has 1 N–H and O–H groups in total. The summed E-state index contributed by atoms with van der Waals surface area (Å²) >= 11 is 3.48. The Morgan fingerprint density at radius 2 is 1.70 bits per heavy atom. The van der Waals surface area contributed by atoms with Crippen LogP contribution in [0.2, 0.25) is 0 Å². The third-order valence-electron chi connectivity index (χ3n) is 5.85. The molecule has 0 bridgehead atoms. The van der Waals surface area contributed by atoms with Crippen molar-refractivity contribution in [3.05, 3.63) is 88.8 Å². The number of nitrogens with zero attached hydrogens (tertiary/aromatic N) is 4. The molecule has 1 aliphatic rings. The number of nitrogens with one attached hydrogen (secondary N) is 1. The standard InChI is InChI=1S/C25H16BrN5O2/c1-30-23-17(8-5-11-27-23)22(29-30)21-20(18-13-28-19-12-14(26)9-10-16(18)19)24(32)31(25(21)33)15-6-3-2-4-7-15/h2-13,28H,1H3. The summed E-state index contributed by atoms with van der Waals surface area (Å²) < 4.78 is 2.55. The molecule has 0 unspecified atom stereocenters. The molecular formula is C25H16BrN5O2. The van der Waals surface area contributed by atoms with E-state index < -0.39 is 5.91 Å². The topological polar surface area (TPSA) is 83.9 Å². The van der Waals surface area contributed by atoms with Gasteiger partial charge in [-0.15, -0.1) is 0 Å². The molecule has 7 nitrogen and oxygen atoms in total. The van der Waals surface area contributed by atoms with E-state index in [4.69, 9.17) is 0 Å². The summed E-state index contributed by atoms with van der Waals surface area (Å²) in [6.07, 6.45) is 3.45. The summed E-state index contributed by atoms with van der Waals surface area (Å²) in [6.45, 7) is 0. The fraction of sp³-hybridized carbons (Fsp3) is 0.0400. The van der Waals surface area contributed by atoms with Crippen molar-refractivity contribution in [3.8, 4) is 0 Å². The number of fused-ring (bicyclic) bond motifs is 2. The maximum atomic E-state index is 13.8. The van der Waals surface area contributed by atoms with E-state index in [0.29, 0.717) is 33.6 Å². The number of imide groups is 1. The highest BCUT2D eigenvalue weighted by molar-refractivity contribution is 9.10. The number of hydrogen-bond donors (Lipinski definition) is 1. The number of aromatic nitrogens is 4. The van der Waals surface area contributed by atoms with Gasteiger partial charge in [0, 0.05) is 45.8 Å². The zero-order valence-electron chi connectivity index (χ0n) is 17.4. The third kappa shape index (κ3) is 2.87. The number of pyridine rings is 1. The number of carbonyl (C=O) groups is 2. The first-order valence-electron chi connectivity index (χ1n) is 10.3. The molecule has 3 aromatic heterocycles. The van der Waals surface area contributed by atoms with Crippen LogP contribution < -0.4 is 4.90 Å². The number of para-hydroxylation sites is 1. The number of H-pyrrole nitrogens is 1. The smallest absolute Gasteiger partial charge is 0.268 e. The van der Waals surface area contributed by atoms with Crippen LogP contribution in [0.4, 0.5) is 5.69 Å². The van der Waals surface area contributed by atoms with Crippen molar-refractivity contribution in [2.45, 2.75) is 0 Å². The Kier molecular flexibility index (Phi) is 4.31. The van der Waals surface area contributed by atoms with Crippen LogP contribution in [0, 0.1) is 0 Å². The van der Waals surface area contributed by atoms with E-state index in [1.807, 2.05) is 30.3 Å². The zero-order valence-corrected chi connectivity index (χ0v) is 19.0. The van der Waals surface area contributed by atoms with Gasteiger partial charge in [-0.2, -0.15) is 5.10 Å². The fourth-order valence-corrected chi connectivity index (χ4v) is 4.75. The van der Waals surface area contributed by atoms with Gasteiger partial charge < -0.3 is 4.98 Å². The van der Waals surface area contributed by atoms with E-state index >= 15 is 0 Å². The van der Waals surface area contributed by atoms with Crippen molar-refractivity contribution in [2.24, 2.45) is 7.05 Å². The molecule has 33 heavy (non-hydrogen) atoms. The normalized spacial score (nSPS) is 14.3. The van der Waals surface area contributed by atoms with Crippen molar-refractivity contribution in [2.75, 3.05) is 4.90 Å². The van der Waals surface area contributed by atoms with Crippen LogP contribution in [0.15, 0.2) is 77.5 Å². The Bertz CT molecular complexity index is 1630. The molecule has 160 valence electrons. The predicted molar refractivity (Wildman–Crippen MR) is 130 cm³/mol. The average Bonchev–Trinajstić information content (AvgIpc) is 3.46. The molecule has 0 aliphatic carbocycles. The lowest BCUT2D eigenvalue weighted by molar-refractivity contribution is -0.119. The molecule has 2 aromatic carbocycles. The van der Waals surface area contributed by atoms with Crippen molar-refractivity contribution in [3.63, 3.8) is 0 Å². The van der Waals surface area contributed by atoms with Gasteiger partial charge in [0.25, 0.3) is 11.8 Å². The number of aryl methyl sites for hydroxylation is 1. The molecule has 0 fully saturated rings. The average molecular weight is 498 g/mol. The zero-order chi connectivity index (χ0) is 22.7. The molecule has 0 saturated carbocycles. The first kappa shape index (κ1) is 19.6. The summed E-state index contributed by atoms with van der Waals surface area (Å²) in [5.74, 6) is -0.788. The molecule has 4 heterocycles. The first-order valence-corrected chi connectivity index (χ1v) is 11.1. The van der Waals surface area contributed by atoms with Crippen LogP contribution >= 0.6 is 15.9 Å². The Balaban J connectivity index is 1.67. The van der Waals surface area contributed by atoms with Gasteiger partial charge in [0.2, 0.25) is 0 Å². The molecule has 0 atom stereocenters. The number of anilines is 1. The summed E-state index contributed by atoms with van der Waals surface area (Å²) in [6, 6.07) is 18.4. The summed E-state index contributed by atoms with van der Waals surface area (Å²) in [7, 11) is 1.78. The Hall–Kier alpha value is -4.04. The molecule has 0 saturated heterocycles. The number of hydrogen-bond acceptors (Lipinski definition) is 4. The van der Waals surface area contributed by atoms with Gasteiger partial charge in [-0.05, 0) is 36.4 Å². The van der Waals surface area contributed by atoms with Crippen molar-refractivity contribution in [1.29, 1.82) is 0 Å². The number of aromatic amines is 1. The van der Waals surface area contributed by atoms with Gasteiger partial charge in [0.1, 0.15) is 5.69 Å². The SMILES string of the molecule is Cn1nc(C2=C(c3c[nH]c4cc(Br)ccc34)C(=O)N(c3ccccc3)C2=O)c2cccnc21. The van der Waals surface area contributed by atoms with Crippen molar-refractivity contribution < 1.29 is 9.59 Å². The van der Waals surface area contributed by atoms with Crippen molar-refractivity contribution in [1.82, 2.24) is 19.7 Å². The Labute approximate surface area is 196 Å². The second kappa shape index (κ2) is 7.25. The minimum atomic E-state index is -0.406. The van der Waals surface area contributed by atoms with Gasteiger partial charge in [-0.3, -0.25) is 9.59 Å². The molecule has 2 amide bonds. The maximum Gasteiger partial charge on any atom is 0.268 e. The van der Waals surface area contributed by atoms with Gasteiger partial charge in [-0.1, -0.05) is 40.2 Å². The largest absolute Gasteiger partial charge is 0.361 e. The van der Waals surface area contributed by atoms with E-state index in [1.54, 1.807) is 54.5 Å². The number of rotatable bonds is 3. The first-order chi connectivity index (χ1) is 16.0. The molecule has 8 heteroatoms.